The lowest BCUT2D eigenvalue weighted by Gasteiger charge is -2.19. The maximum Gasteiger partial charge on any atom is 0.191 e. The van der Waals surface area contributed by atoms with E-state index < -0.39 is 0 Å². The highest BCUT2D eigenvalue weighted by Gasteiger charge is 2.08. The van der Waals surface area contributed by atoms with Gasteiger partial charge in [0.15, 0.2) is 17.5 Å². The molecule has 0 atom stereocenters. The third-order valence-corrected chi connectivity index (χ3v) is 5.24. The summed E-state index contributed by atoms with van der Waals surface area (Å²) >= 11 is 1.70. The van der Waals surface area contributed by atoms with Crippen LogP contribution in [-0.4, -0.2) is 51.3 Å². The van der Waals surface area contributed by atoms with E-state index in [-0.39, 0.29) is 24.0 Å². The first-order chi connectivity index (χ1) is 13.7. The van der Waals surface area contributed by atoms with Crippen molar-refractivity contribution in [2.45, 2.75) is 26.9 Å². The monoisotopic (exact) mass is 532 g/mol. The zero-order chi connectivity index (χ0) is 20.2. The third kappa shape index (κ3) is 8.79. The Morgan fingerprint density at radius 1 is 1.07 bits per heavy atom. The van der Waals surface area contributed by atoms with Crippen molar-refractivity contribution in [3.05, 3.63) is 46.2 Å². The first-order valence-corrected chi connectivity index (χ1v) is 10.6. The molecular formula is C21H33IN4O2S. The second-order valence-corrected chi connectivity index (χ2v) is 7.05. The minimum Gasteiger partial charge on any atom is -0.493 e. The van der Waals surface area contributed by atoms with Gasteiger partial charge in [-0.05, 0) is 53.2 Å². The number of methoxy groups -OCH3 is 1. The Morgan fingerprint density at radius 3 is 2.38 bits per heavy atom. The lowest BCUT2D eigenvalue weighted by molar-refractivity contribution is 0.217. The number of hydrogen-bond donors (Lipinski definition) is 2. The van der Waals surface area contributed by atoms with Gasteiger partial charge in [0.25, 0.3) is 0 Å². The van der Waals surface area contributed by atoms with Gasteiger partial charge in [-0.2, -0.15) is 11.3 Å². The zero-order valence-electron chi connectivity index (χ0n) is 17.7. The number of aliphatic imine (C=N–C) groups is 1. The SMILES string of the molecule is CCN(CC)CCOc1ccc(CNC(=NC)NCc2ccsc2)cc1OC.I. The first kappa shape index (κ1) is 25.5. The largest absolute Gasteiger partial charge is 0.493 e. The van der Waals surface area contributed by atoms with Gasteiger partial charge >= 0.3 is 0 Å². The predicted octanol–water partition coefficient (Wildman–Crippen LogP) is 3.96. The van der Waals surface area contributed by atoms with Crippen LogP contribution in [0.25, 0.3) is 0 Å². The fraction of sp³-hybridized carbons (Fsp3) is 0.476. The Balaban J connectivity index is 0.00000420. The van der Waals surface area contributed by atoms with E-state index in [4.69, 9.17) is 9.47 Å². The molecule has 0 unspecified atom stereocenters. The van der Waals surface area contributed by atoms with Gasteiger partial charge in [-0.25, -0.2) is 0 Å². The van der Waals surface area contributed by atoms with Gasteiger partial charge in [0.2, 0.25) is 0 Å². The van der Waals surface area contributed by atoms with Crippen molar-refractivity contribution >= 4 is 41.3 Å². The molecule has 2 rings (SSSR count). The molecule has 0 saturated heterocycles. The highest BCUT2D eigenvalue weighted by molar-refractivity contribution is 14.0. The number of halogens is 1. The third-order valence-electron chi connectivity index (χ3n) is 4.51. The number of likely N-dealkylation sites (N-methyl/N-ethyl adjacent to an activating group) is 1. The summed E-state index contributed by atoms with van der Waals surface area (Å²) in [5, 5.41) is 10.9. The van der Waals surface area contributed by atoms with Gasteiger partial charge in [-0.1, -0.05) is 19.9 Å². The van der Waals surface area contributed by atoms with E-state index in [2.05, 4.69) is 57.3 Å². The standard InChI is InChI=1S/C21H32N4O2S.HI/c1-5-25(6-2)10-11-27-19-8-7-17(13-20(19)26-4)14-23-21(22-3)24-15-18-9-12-28-16-18;/h7-9,12-13,16H,5-6,10-11,14-15H2,1-4H3,(H2,22,23,24);1H. The van der Waals surface area contributed by atoms with Crippen LogP contribution in [0.4, 0.5) is 0 Å². The van der Waals surface area contributed by atoms with Crippen molar-refractivity contribution in [1.29, 1.82) is 0 Å². The fourth-order valence-corrected chi connectivity index (χ4v) is 3.42. The van der Waals surface area contributed by atoms with Crippen molar-refractivity contribution in [3.8, 4) is 11.5 Å². The molecule has 0 aliphatic rings. The molecule has 162 valence electrons. The normalized spacial score (nSPS) is 11.1. The topological polar surface area (TPSA) is 58.1 Å². The number of nitrogens with zero attached hydrogens (tertiary/aromatic N) is 2. The molecule has 2 N–H and O–H groups in total. The molecule has 29 heavy (non-hydrogen) atoms. The van der Waals surface area contributed by atoms with Crippen molar-refractivity contribution in [2.75, 3.05) is 40.4 Å². The number of rotatable bonds is 11. The Morgan fingerprint density at radius 2 is 1.79 bits per heavy atom. The quantitative estimate of drug-likeness (QED) is 0.261. The molecular weight excluding hydrogens is 499 g/mol. The number of thiophene rings is 1. The van der Waals surface area contributed by atoms with Gasteiger partial charge in [0, 0.05) is 26.7 Å². The molecule has 0 aliphatic carbocycles. The molecule has 1 heterocycles. The highest BCUT2D eigenvalue weighted by atomic mass is 127. The summed E-state index contributed by atoms with van der Waals surface area (Å²) in [6, 6.07) is 8.13. The second kappa shape index (κ2) is 14.5. The van der Waals surface area contributed by atoms with Crippen LogP contribution in [0, 0.1) is 0 Å². The molecule has 8 heteroatoms. The van der Waals surface area contributed by atoms with Gasteiger partial charge in [0.1, 0.15) is 6.61 Å². The minimum atomic E-state index is 0. The van der Waals surface area contributed by atoms with Crippen molar-refractivity contribution < 1.29 is 9.47 Å². The lowest BCUT2D eigenvalue weighted by atomic mass is 10.2. The summed E-state index contributed by atoms with van der Waals surface area (Å²) in [5.74, 6) is 2.29. The molecule has 1 aromatic heterocycles. The second-order valence-electron chi connectivity index (χ2n) is 6.27. The maximum atomic E-state index is 5.92. The zero-order valence-corrected chi connectivity index (χ0v) is 20.9. The van der Waals surface area contributed by atoms with Gasteiger partial charge in [-0.15, -0.1) is 24.0 Å². The smallest absolute Gasteiger partial charge is 0.191 e. The summed E-state index contributed by atoms with van der Waals surface area (Å²) in [5.41, 5.74) is 2.35. The molecule has 1 aromatic carbocycles. The minimum absolute atomic E-state index is 0. The summed E-state index contributed by atoms with van der Waals surface area (Å²) in [6.45, 7) is 9.35. The Bertz CT molecular complexity index is 721. The van der Waals surface area contributed by atoms with Gasteiger partial charge < -0.3 is 25.0 Å². The Hall–Kier alpha value is -1.52. The Labute approximate surface area is 195 Å². The Kier molecular flexibility index (Phi) is 12.7. The summed E-state index contributed by atoms with van der Waals surface area (Å²) in [6.07, 6.45) is 0. The predicted molar refractivity (Wildman–Crippen MR) is 133 cm³/mol. The van der Waals surface area contributed by atoms with Crippen LogP contribution in [0.5, 0.6) is 11.5 Å². The van der Waals surface area contributed by atoms with Gasteiger partial charge in [-0.3, -0.25) is 4.99 Å². The van der Waals surface area contributed by atoms with E-state index in [1.54, 1.807) is 25.5 Å². The molecule has 0 bridgehead atoms. The summed E-state index contributed by atoms with van der Waals surface area (Å²) in [4.78, 5) is 6.61. The van der Waals surface area contributed by atoms with E-state index in [1.807, 2.05) is 12.1 Å². The number of hydrogen-bond acceptors (Lipinski definition) is 5. The molecule has 6 nitrogen and oxygen atoms in total. The molecule has 2 aromatic rings. The molecule has 0 saturated carbocycles. The number of guanidine groups is 1. The van der Waals surface area contributed by atoms with Crippen LogP contribution >= 0.6 is 35.3 Å². The maximum absolute atomic E-state index is 5.92. The van der Waals surface area contributed by atoms with E-state index in [0.717, 1.165) is 49.2 Å². The number of nitrogens with one attached hydrogen (secondary N) is 2. The number of benzene rings is 1. The van der Waals surface area contributed by atoms with Crippen LogP contribution in [0.1, 0.15) is 25.0 Å². The summed E-state index contributed by atoms with van der Waals surface area (Å²) in [7, 11) is 3.45. The molecule has 0 fully saturated rings. The van der Waals surface area contributed by atoms with Gasteiger partial charge in [0.05, 0.1) is 7.11 Å². The molecule has 0 amide bonds. The molecule has 0 spiro atoms. The van der Waals surface area contributed by atoms with E-state index >= 15 is 0 Å². The highest BCUT2D eigenvalue weighted by Crippen LogP contribution is 2.28. The lowest BCUT2D eigenvalue weighted by Crippen LogP contribution is -2.36. The average Bonchev–Trinajstić information content (AvgIpc) is 3.25. The van der Waals surface area contributed by atoms with Crippen LogP contribution in [-0.2, 0) is 13.1 Å². The van der Waals surface area contributed by atoms with Crippen LogP contribution in [0.3, 0.4) is 0 Å². The van der Waals surface area contributed by atoms with Crippen LogP contribution < -0.4 is 20.1 Å². The van der Waals surface area contributed by atoms with Crippen molar-refractivity contribution in [1.82, 2.24) is 15.5 Å². The van der Waals surface area contributed by atoms with E-state index in [0.29, 0.717) is 13.2 Å². The van der Waals surface area contributed by atoms with E-state index in [1.165, 1.54) is 5.56 Å². The number of ether oxygens (including phenoxy) is 2. The van der Waals surface area contributed by atoms with Crippen molar-refractivity contribution in [3.63, 3.8) is 0 Å². The average molecular weight is 532 g/mol. The van der Waals surface area contributed by atoms with Crippen molar-refractivity contribution in [2.24, 2.45) is 4.99 Å². The van der Waals surface area contributed by atoms with Crippen LogP contribution in [0.2, 0.25) is 0 Å². The van der Waals surface area contributed by atoms with Crippen LogP contribution in [0.15, 0.2) is 40.0 Å². The fourth-order valence-electron chi connectivity index (χ4n) is 2.75. The first-order valence-electron chi connectivity index (χ1n) is 9.67. The summed E-state index contributed by atoms with van der Waals surface area (Å²) < 4.78 is 11.4. The molecule has 0 radical (unpaired) electrons. The van der Waals surface area contributed by atoms with E-state index in [9.17, 15) is 0 Å². The molecule has 0 aliphatic heterocycles.